The van der Waals surface area contributed by atoms with Crippen LogP contribution in [0.3, 0.4) is 0 Å². The standard InChI is InChI=1S/C42H34N6OS/c1-50-35-21-17-29(18-22-35)40-36(30-19-23-37-38(25-30)47(28-45-37)39-24-20-31(26-44-39)41(43)49)27-48(46-40)42(32-11-5-2-6-12-32,33-13-7-3-8-14-33)34-15-9-4-10-16-34/h2-15,17-28,34H,16H2,1H3,(H2,43,49). The van der Waals surface area contributed by atoms with E-state index in [0.717, 1.165) is 51.0 Å². The van der Waals surface area contributed by atoms with Crippen molar-refractivity contribution in [2.45, 2.75) is 16.9 Å². The number of imidazole rings is 1. The molecule has 0 aliphatic heterocycles. The van der Waals surface area contributed by atoms with Gasteiger partial charge in [0, 0.05) is 34.3 Å². The summed E-state index contributed by atoms with van der Waals surface area (Å²) in [6.07, 6.45) is 17.3. The number of primary amides is 1. The number of thioether (sulfide) groups is 1. The maximum Gasteiger partial charge on any atom is 0.250 e. The van der Waals surface area contributed by atoms with Crippen LogP contribution in [0.15, 0.2) is 163 Å². The van der Waals surface area contributed by atoms with Gasteiger partial charge in [0.1, 0.15) is 23.4 Å². The molecule has 7 aromatic rings. The predicted octanol–water partition coefficient (Wildman–Crippen LogP) is 8.70. The Kier molecular flexibility index (Phi) is 8.22. The summed E-state index contributed by atoms with van der Waals surface area (Å²) in [5.74, 6) is 0.219. The molecule has 1 atom stereocenters. The third-order valence-electron chi connectivity index (χ3n) is 9.52. The second-order valence-electron chi connectivity index (χ2n) is 12.3. The summed E-state index contributed by atoms with van der Waals surface area (Å²) in [7, 11) is 0. The Morgan fingerprint density at radius 2 is 1.56 bits per heavy atom. The first-order valence-electron chi connectivity index (χ1n) is 16.5. The van der Waals surface area contributed by atoms with Gasteiger partial charge in [-0.2, -0.15) is 5.10 Å². The summed E-state index contributed by atoms with van der Waals surface area (Å²) in [5.41, 5.74) is 13.1. The van der Waals surface area contributed by atoms with Crippen LogP contribution >= 0.6 is 11.8 Å². The van der Waals surface area contributed by atoms with Crippen LogP contribution in [0.5, 0.6) is 0 Å². The number of hydrogen-bond acceptors (Lipinski definition) is 5. The van der Waals surface area contributed by atoms with Crippen LogP contribution < -0.4 is 5.73 Å². The SMILES string of the molecule is CSc1ccc(-c2nn(C(c3ccccc3)(c3ccccc3)C3C=CC=CC3)cc2-c2ccc3ncn(-c4ccc(C(N)=O)cn4)c3c2)cc1. The molecule has 4 aromatic carbocycles. The highest BCUT2D eigenvalue weighted by molar-refractivity contribution is 7.98. The maximum atomic E-state index is 11.7. The van der Waals surface area contributed by atoms with Gasteiger partial charge in [0.15, 0.2) is 0 Å². The molecule has 0 radical (unpaired) electrons. The van der Waals surface area contributed by atoms with Crippen molar-refractivity contribution in [3.8, 4) is 28.2 Å². The summed E-state index contributed by atoms with van der Waals surface area (Å²) in [6, 6.07) is 39.8. The van der Waals surface area contributed by atoms with Gasteiger partial charge in [0.25, 0.3) is 0 Å². The molecule has 3 heterocycles. The van der Waals surface area contributed by atoms with E-state index in [1.165, 1.54) is 11.1 Å². The van der Waals surface area contributed by atoms with Gasteiger partial charge in [0.2, 0.25) is 5.91 Å². The second-order valence-corrected chi connectivity index (χ2v) is 13.2. The Balaban J connectivity index is 1.38. The van der Waals surface area contributed by atoms with Gasteiger partial charge in [-0.25, -0.2) is 9.97 Å². The van der Waals surface area contributed by atoms with Crippen molar-refractivity contribution in [2.75, 3.05) is 6.26 Å². The number of allylic oxidation sites excluding steroid dienone is 4. The van der Waals surface area contributed by atoms with Crippen molar-refractivity contribution in [1.82, 2.24) is 24.3 Å². The van der Waals surface area contributed by atoms with Crippen LogP contribution in [0.4, 0.5) is 0 Å². The predicted molar refractivity (Wildman–Crippen MR) is 201 cm³/mol. The number of nitrogens with two attached hydrogens (primary N) is 1. The number of carbonyl (C=O) groups is 1. The molecule has 0 fully saturated rings. The molecule has 0 spiro atoms. The van der Waals surface area contributed by atoms with E-state index in [0.29, 0.717) is 11.4 Å². The van der Waals surface area contributed by atoms with E-state index in [1.807, 2.05) is 10.6 Å². The quantitative estimate of drug-likeness (QED) is 0.155. The summed E-state index contributed by atoms with van der Waals surface area (Å²) < 4.78 is 4.13. The molecule has 3 aromatic heterocycles. The minimum Gasteiger partial charge on any atom is -0.366 e. The molecule has 0 bridgehead atoms. The first-order valence-corrected chi connectivity index (χ1v) is 17.7. The lowest BCUT2D eigenvalue weighted by atomic mass is 9.70. The van der Waals surface area contributed by atoms with E-state index in [-0.39, 0.29) is 5.92 Å². The fourth-order valence-corrected chi connectivity index (χ4v) is 7.47. The molecule has 2 N–H and O–H groups in total. The number of rotatable bonds is 9. The van der Waals surface area contributed by atoms with Crippen molar-refractivity contribution in [3.63, 3.8) is 0 Å². The Morgan fingerprint density at radius 1 is 0.840 bits per heavy atom. The number of carbonyl (C=O) groups excluding carboxylic acids is 1. The lowest BCUT2D eigenvalue weighted by Crippen LogP contribution is -2.43. The van der Waals surface area contributed by atoms with E-state index in [4.69, 9.17) is 10.8 Å². The molecule has 0 saturated heterocycles. The Hall–Kier alpha value is -5.99. The number of hydrogen-bond donors (Lipinski definition) is 1. The third kappa shape index (κ3) is 5.44. The Bertz CT molecular complexity index is 2320. The van der Waals surface area contributed by atoms with Crippen LogP contribution in [-0.2, 0) is 5.54 Å². The van der Waals surface area contributed by atoms with Gasteiger partial charge in [-0.15, -0.1) is 11.8 Å². The first-order chi connectivity index (χ1) is 24.6. The van der Waals surface area contributed by atoms with Crippen molar-refractivity contribution >= 4 is 28.7 Å². The Labute approximate surface area is 294 Å². The highest BCUT2D eigenvalue weighted by Gasteiger charge is 2.44. The van der Waals surface area contributed by atoms with Crippen molar-refractivity contribution in [2.24, 2.45) is 11.7 Å². The fourth-order valence-electron chi connectivity index (χ4n) is 7.06. The van der Waals surface area contributed by atoms with Crippen molar-refractivity contribution in [3.05, 3.63) is 175 Å². The first kappa shape index (κ1) is 31.3. The summed E-state index contributed by atoms with van der Waals surface area (Å²) in [6.45, 7) is 0. The molecule has 7 nitrogen and oxygen atoms in total. The van der Waals surface area contributed by atoms with E-state index in [9.17, 15) is 4.79 Å². The number of nitrogens with zero attached hydrogens (tertiary/aromatic N) is 5. The molecular formula is C42H34N6OS. The molecule has 1 aliphatic carbocycles. The topological polar surface area (TPSA) is 91.6 Å². The fraction of sp³-hybridized carbons (Fsp3) is 0.0952. The zero-order valence-corrected chi connectivity index (χ0v) is 28.2. The monoisotopic (exact) mass is 670 g/mol. The summed E-state index contributed by atoms with van der Waals surface area (Å²) in [4.78, 5) is 22.1. The average Bonchev–Trinajstić information content (AvgIpc) is 3.82. The van der Waals surface area contributed by atoms with Gasteiger partial charge < -0.3 is 5.73 Å². The smallest absolute Gasteiger partial charge is 0.250 e. The van der Waals surface area contributed by atoms with Gasteiger partial charge in [-0.3, -0.25) is 14.0 Å². The largest absolute Gasteiger partial charge is 0.366 e. The molecule has 8 heteroatoms. The number of amides is 1. The lowest BCUT2D eigenvalue weighted by Gasteiger charge is -2.41. The molecule has 50 heavy (non-hydrogen) atoms. The van der Waals surface area contributed by atoms with Crippen LogP contribution in [0, 0.1) is 5.92 Å². The molecule has 244 valence electrons. The van der Waals surface area contributed by atoms with Gasteiger partial charge >= 0.3 is 0 Å². The van der Waals surface area contributed by atoms with Crippen molar-refractivity contribution in [1.29, 1.82) is 0 Å². The maximum absolute atomic E-state index is 11.7. The third-order valence-corrected chi connectivity index (χ3v) is 10.3. The molecule has 8 rings (SSSR count). The van der Waals surface area contributed by atoms with Gasteiger partial charge in [-0.05, 0) is 65.8 Å². The number of pyridine rings is 1. The summed E-state index contributed by atoms with van der Waals surface area (Å²) >= 11 is 1.72. The van der Waals surface area contributed by atoms with Crippen LogP contribution in [0.2, 0.25) is 0 Å². The van der Waals surface area contributed by atoms with Gasteiger partial charge in [-0.1, -0.05) is 103 Å². The van der Waals surface area contributed by atoms with E-state index >= 15 is 0 Å². The number of aromatic nitrogens is 5. The van der Waals surface area contributed by atoms with E-state index in [1.54, 1.807) is 30.2 Å². The lowest BCUT2D eigenvalue weighted by molar-refractivity contribution is 0.1000. The van der Waals surface area contributed by atoms with Gasteiger partial charge in [0.05, 0.1) is 16.6 Å². The summed E-state index contributed by atoms with van der Waals surface area (Å²) in [5, 5.41) is 5.56. The van der Waals surface area contributed by atoms with Crippen molar-refractivity contribution < 1.29 is 4.79 Å². The highest BCUT2D eigenvalue weighted by atomic mass is 32.2. The van der Waals surface area contributed by atoms with Crippen LogP contribution in [-0.4, -0.2) is 36.5 Å². The molecule has 1 aliphatic rings. The number of fused-ring (bicyclic) bond motifs is 1. The molecule has 0 saturated carbocycles. The molecular weight excluding hydrogens is 637 g/mol. The van der Waals surface area contributed by atoms with Crippen LogP contribution in [0.25, 0.3) is 39.2 Å². The molecule has 1 amide bonds. The van der Waals surface area contributed by atoms with E-state index in [2.05, 4.69) is 148 Å². The minimum absolute atomic E-state index is 0.0927. The minimum atomic E-state index is -0.645. The van der Waals surface area contributed by atoms with E-state index < -0.39 is 11.4 Å². The average molecular weight is 671 g/mol. The van der Waals surface area contributed by atoms with Crippen LogP contribution in [0.1, 0.15) is 27.9 Å². The Morgan fingerprint density at radius 3 is 2.18 bits per heavy atom. The number of benzene rings is 4. The normalized spacial score (nSPS) is 14.3. The zero-order valence-electron chi connectivity index (χ0n) is 27.4. The zero-order chi connectivity index (χ0) is 34.1. The molecule has 1 unspecified atom stereocenters. The highest BCUT2D eigenvalue weighted by Crippen LogP contribution is 2.46. The second kappa shape index (κ2) is 13.1.